The molecule has 24 heavy (non-hydrogen) atoms. The highest BCUT2D eigenvalue weighted by Crippen LogP contribution is 2.44. The van der Waals surface area contributed by atoms with E-state index in [0.29, 0.717) is 6.10 Å². The maximum Gasteiger partial charge on any atom is 0.192 e. The molecule has 1 atom stereocenters. The van der Waals surface area contributed by atoms with Crippen molar-refractivity contribution in [3.05, 3.63) is 22.8 Å². The maximum atomic E-state index is 8.97. The summed E-state index contributed by atoms with van der Waals surface area (Å²) in [5.41, 5.74) is 3.54. The number of allylic oxidation sites excluding steroid dienone is 2. The molecule has 0 spiro atoms. The Morgan fingerprint density at radius 2 is 1.96 bits per heavy atom. The van der Waals surface area contributed by atoms with Crippen LogP contribution in [0.1, 0.15) is 61.3 Å². The van der Waals surface area contributed by atoms with Crippen LogP contribution in [0.4, 0.5) is 0 Å². The highest BCUT2D eigenvalue weighted by molar-refractivity contribution is 6.74. The van der Waals surface area contributed by atoms with Gasteiger partial charge < -0.3 is 9.53 Å². The molecule has 0 heterocycles. The second kappa shape index (κ2) is 7.60. The summed E-state index contributed by atoms with van der Waals surface area (Å²) in [5, 5.41) is 9.21. The van der Waals surface area contributed by atoms with E-state index in [4.69, 9.17) is 9.53 Å². The first kappa shape index (κ1) is 21.2. The highest BCUT2D eigenvalue weighted by Gasteiger charge is 2.42. The molecule has 0 saturated heterocycles. The van der Waals surface area contributed by atoms with Crippen molar-refractivity contribution in [2.45, 2.75) is 85.5 Å². The normalized spacial score (nSPS) is 22.2. The molecule has 2 nitrogen and oxygen atoms in total. The third-order valence-corrected chi connectivity index (χ3v) is 9.96. The summed E-state index contributed by atoms with van der Waals surface area (Å²) in [4.78, 5) is 0. The van der Waals surface area contributed by atoms with Gasteiger partial charge in [0.15, 0.2) is 8.32 Å². The van der Waals surface area contributed by atoms with Gasteiger partial charge in [-0.2, -0.15) is 0 Å². The first-order valence-corrected chi connectivity index (χ1v) is 11.9. The lowest BCUT2D eigenvalue weighted by molar-refractivity contribution is 0.125. The lowest BCUT2D eigenvalue weighted by atomic mass is 9.72. The molecular weight excluding hydrogens is 312 g/mol. The molecule has 0 bridgehead atoms. The molecule has 0 saturated carbocycles. The van der Waals surface area contributed by atoms with Gasteiger partial charge >= 0.3 is 0 Å². The minimum Gasteiger partial charge on any atom is -0.414 e. The first-order valence-electron chi connectivity index (χ1n) is 8.98. The van der Waals surface area contributed by atoms with Crippen LogP contribution in [0, 0.1) is 17.3 Å². The second-order valence-corrected chi connectivity index (χ2v) is 14.0. The minimum absolute atomic E-state index is 0.0296. The van der Waals surface area contributed by atoms with Crippen LogP contribution < -0.4 is 0 Å². The van der Waals surface area contributed by atoms with Gasteiger partial charge in [0.2, 0.25) is 0 Å². The lowest BCUT2D eigenvalue weighted by Gasteiger charge is -2.44. The van der Waals surface area contributed by atoms with E-state index in [1.165, 1.54) is 11.1 Å². The van der Waals surface area contributed by atoms with E-state index in [1.54, 1.807) is 6.08 Å². The number of hydrogen-bond acceptors (Lipinski definition) is 2. The topological polar surface area (TPSA) is 29.5 Å². The molecule has 0 aromatic rings. The van der Waals surface area contributed by atoms with Crippen LogP contribution in [0.15, 0.2) is 22.8 Å². The van der Waals surface area contributed by atoms with Crippen LogP contribution in [0.2, 0.25) is 18.1 Å². The van der Waals surface area contributed by atoms with Crippen molar-refractivity contribution >= 4 is 8.32 Å². The molecule has 3 heteroatoms. The van der Waals surface area contributed by atoms with Gasteiger partial charge in [-0.15, -0.1) is 0 Å². The molecule has 1 aliphatic rings. The fourth-order valence-corrected chi connectivity index (χ4v) is 4.42. The molecular formula is C21H36O2Si. The summed E-state index contributed by atoms with van der Waals surface area (Å²) < 4.78 is 6.67. The number of hydrogen-bond donors (Lipinski definition) is 1. The van der Waals surface area contributed by atoms with E-state index in [1.807, 2.05) is 6.92 Å². The molecule has 1 aliphatic carbocycles. The van der Waals surface area contributed by atoms with E-state index < -0.39 is 8.32 Å². The average molecular weight is 349 g/mol. The van der Waals surface area contributed by atoms with Gasteiger partial charge in [0.1, 0.15) is 0 Å². The zero-order valence-corrected chi connectivity index (χ0v) is 18.1. The maximum absolute atomic E-state index is 8.97. The van der Waals surface area contributed by atoms with Gasteiger partial charge in [-0.25, -0.2) is 0 Å². The minimum atomic E-state index is -1.75. The zero-order chi connectivity index (χ0) is 18.8. The van der Waals surface area contributed by atoms with Crippen molar-refractivity contribution in [1.82, 2.24) is 0 Å². The predicted molar refractivity (Wildman–Crippen MR) is 106 cm³/mol. The molecule has 136 valence electrons. The van der Waals surface area contributed by atoms with Gasteiger partial charge in [0, 0.05) is 11.7 Å². The van der Waals surface area contributed by atoms with Gasteiger partial charge in [-0.1, -0.05) is 52.0 Å². The lowest BCUT2D eigenvalue weighted by Crippen LogP contribution is -2.46. The van der Waals surface area contributed by atoms with Crippen molar-refractivity contribution in [3.8, 4) is 11.8 Å². The van der Waals surface area contributed by atoms with Crippen molar-refractivity contribution in [1.29, 1.82) is 0 Å². The summed E-state index contributed by atoms with van der Waals surface area (Å²) in [7, 11) is -1.75. The SMILES string of the molecule is CC1=C(C#C/C(C)=C/CO)C(C)(C)C[C@H](O[Si](C)(C)C(C)(C)C)C1. The second-order valence-electron chi connectivity index (χ2n) is 9.27. The van der Waals surface area contributed by atoms with E-state index in [2.05, 4.69) is 66.5 Å². The molecule has 1 rings (SSSR count). The predicted octanol–water partition coefficient (Wildman–Crippen LogP) is 5.46. The fraction of sp³-hybridized carbons (Fsp3) is 0.714. The quantitative estimate of drug-likeness (QED) is 0.542. The van der Waals surface area contributed by atoms with E-state index in [0.717, 1.165) is 18.4 Å². The van der Waals surface area contributed by atoms with Gasteiger partial charge in [-0.3, -0.25) is 0 Å². The fourth-order valence-electron chi connectivity index (χ4n) is 3.07. The van der Waals surface area contributed by atoms with Crippen LogP contribution in [0.25, 0.3) is 0 Å². The third-order valence-electron chi connectivity index (χ3n) is 5.43. The summed E-state index contributed by atoms with van der Waals surface area (Å²) in [6, 6.07) is 0. The van der Waals surface area contributed by atoms with E-state index >= 15 is 0 Å². The number of rotatable bonds is 3. The van der Waals surface area contributed by atoms with Gasteiger partial charge in [0.25, 0.3) is 0 Å². The summed E-state index contributed by atoms with van der Waals surface area (Å²) in [5.74, 6) is 6.55. The Hall–Kier alpha value is -0.823. The monoisotopic (exact) mass is 348 g/mol. The Labute approximate surface area is 150 Å². The molecule has 0 amide bonds. The van der Waals surface area contributed by atoms with Crippen LogP contribution in [-0.2, 0) is 4.43 Å². The van der Waals surface area contributed by atoms with Crippen LogP contribution >= 0.6 is 0 Å². The Morgan fingerprint density at radius 3 is 2.42 bits per heavy atom. The molecule has 0 fully saturated rings. The Kier molecular flexibility index (Phi) is 6.72. The zero-order valence-electron chi connectivity index (χ0n) is 17.1. The number of aliphatic hydroxyl groups excluding tert-OH is 1. The molecule has 0 aromatic carbocycles. The Morgan fingerprint density at radius 1 is 1.38 bits per heavy atom. The number of aliphatic hydroxyl groups is 1. The van der Waals surface area contributed by atoms with Crippen molar-refractivity contribution in [3.63, 3.8) is 0 Å². The van der Waals surface area contributed by atoms with Gasteiger partial charge in [0.05, 0.1) is 6.61 Å². The standard InChI is InChI=1S/C21H36O2Si/c1-16(12-13-22)10-11-19-17(2)14-18(15-21(19,6)7)23-24(8,9)20(3,4)5/h12,18,22H,13-15H2,1-9H3/b16-12+/t18-/m1/s1. The average Bonchev–Trinajstić information content (AvgIpc) is 2.34. The van der Waals surface area contributed by atoms with Crippen LogP contribution in [-0.4, -0.2) is 26.1 Å². The smallest absolute Gasteiger partial charge is 0.192 e. The molecule has 0 aliphatic heterocycles. The van der Waals surface area contributed by atoms with E-state index in [9.17, 15) is 0 Å². The molecule has 0 unspecified atom stereocenters. The van der Waals surface area contributed by atoms with E-state index in [-0.39, 0.29) is 17.1 Å². The summed E-state index contributed by atoms with van der Waals surface area (Å²) >= 11 is 0. The molecule has 0 radical (unpaired) electrons. The van der Waals surface area contributed by atoms with Gasteiger partial charge in [-0.05, 0) is 61.9 Å². The van der Waals surface area contributed by atoms with Crippen molar-refractivity contribution < 1.29 is 9.53 Å². The van der Waals surface area contributed by atoms with Crippen LogP contribution in [0.5, 0.6) is 0 Å². The molecule has 1 N–H and O–H groups in total. The summed E-state index contributed by atoms with van der Waals surface area (Å²) in [6.07, 6.45) is 4.04. The molecule has 0 aromatic heterocycles. The summed E-state index contributed by atoms with van der Waals surface area (Å²) in [6.45, 7) is 20.3. The van der Waals surface area contributed by atoms with Crippen molar-refractivity contribution in [2.75, 3.05) is 6.61 Å². The Balaban J connectivity index is 3.04. The highest BCUT2D eigenvalue weighted by atomic mass is 28.4. The Bertz CT molecular complexity index is 577. The van der Waals surface area contributed by atoms with Crippen molar-refractivity contribution in [2.24, 2.45) is 5.41 Å². The first-order chi connectivity index (χ1) is 10.8. The largest absolute Gasteiger partial charge is 0.414 e. The van der Waals surface area contributed by atoms with Crippen LogP contribution in [0.3, 0.4) is 0 Å². The third kappa shape index (κ3) is 5.34.